The van der Waals surface area contributed by atoms with Crippen molar-refractivity contribution in [1.82, 2.24) is 0 Å². The second kappa shape index (κ2) is 31.6. The molecule has 2 heterocycles. The number of rotatable bonds is 18. The van der Waals surface area contributed by atoms with Crippen LogP contribution in [0, 0.1) is 0 Å². The Labute approximate surface area is 677 Å². The molecule has 2 aromatic heterocycles. The van der Waals surface area contributed by atoms with Gasteiger partial charge in [0.15, 0.2) is 0 Å². The van der Waals surface area contributed by atoms with Crippen molar-refractivity contribution in [3.63, 3.8) is 0 Å². The molecule has 0 fully saturated rings. The zero-order valence-corrected chi connectivity index (χ0v) is 64.7. The normalized spacial score (nSPS) is 11.5. The van der Waals surface area contributed by atoms with E-state index < -0.39 is 21.4 Å². The molecule has 14 heteroatoms. The van der Waals surface area contributed by atoms with E-state index in [9.17, 15) is 21.6 Å². The molecular weight excluding hydrogens is 1510 g/mol. The van der Waals surface area contributed by atoms with Gasteiger partial charge in [-0.3, -0.25) is 0 Å². The van der Waals surface area contributed by atoms with Gasteiger partial charge in [-0.05, 0) is 232 Å². The van der Waals surface area contributed by atoms with Gasteiger partial charge in [-0.1, -0.05) is 236 Å². The van der Waals surface area contributed by atoms with E-state index >= 15 is 0 Å². The maximum atomic E-state index is 13.7. The zero-order chi connectivity index (χ0) is 78.0. The van der Waals surface area contributed by atoms with Crippen molar-refractivity contribution in [1.29, 1.82) is 0 Å². The van der Waals surface area contributed by atoms with Crippen LogP contribution in [0.3, 0.4) is 0 Å². The van der Waals surface area contributed by atoms with Crippen LogP contribution in [0.2, 0.25) is 5.02 Å². The smallest absolute Gasteiger partial charge is 0.376 e. The predicted octanol–water partition coefficient (Wildman–Crippen LogP) is 30.7. The number of nitrogens with zero attached hydrogens (tertiary/aromatic N) is 4. The van der Waals surface area contributed by atoms with Crippen molar-refractivity contribution in [2.75, 3.05) is 19.6 Å². The first-order valence-corrected chi connectivity index (χ1v) is 40.9. The second-order valence-electron chi connectivity index (χ2n) is 27.6. The molecule has 0 radical (unpaired) electrons. The van der Waals surface area contributed by atoms with Gasteiger partial charge in [-0.2, -0.15) is 21.6 Å². The molecule has 556 valence electrons. The van der Waals surface area contributed by atoms with Crippen LogP contribution in [0.15, 0.2) is 413 Å². The van der Waals surface area contributed by atoms with Crippen LogP contribution in [0.25, 0.3) is 95.6 Å². The van der Waals surface area contributed by atoms with Crippen molar-refractivity contribution in [3.8, 4) is 50.3 Å². The fourth-order valence-electron chi connectivity index (χ4n) is 15.2. The van der Waals surface area contributed by atoms with Gasteiger partial charge >= 0.3 is 15.6 Å². The summed E-state index contributed by atoms with van der Waals surface area (Å²) in [5.41, 5.74) is 14.2. The maximum absolute atomic E-state index is 13.7. The molecular formula is C101H68ClF3N4O3S3. The summed E-state index contributed by atoms with van der Waals surface area (Å²) in [6, 6.07) is 140. The number of hydrogen-bond acceptors (Lipinski definition) is 9. The summed E-state index contributed by atoms with van der Waals surface area (Å²) in [5, 5.41) is 6.89. The van der Waals surface area contributed by atoms with Crippen LogP contribution in [0.5, 0.6) is 5.75 Å². The predicted molar refractivity (Wildman–Crippen MR) is 477 cm³/mol. The molecule has 19 aromatic rings. The summed E-state index contributed by atoms with van der Waals surface area (Å²) >= 11 is 9.93. The van der Waals surface area contributed by atoms with Gasteiger partial charge in [-0.25, -0.2) is 0 Å². The summed E-state index contributed by atoms with van der Waals surface area (Å²) in [6.07, 6.45) is 0. The quantitative estimate of drug-likeness (QED) is 0.0627. The standard InChI is InChI=1S/C52H35ClN2S.C49H33F3N2O3S2/c53-39-17-15-16-36(32-39)38-34-48-47-33-37(28-31-51(47)56-52(48)50(35-38)55(42-22-9-3-10-23-42)43-24-11-4-12-25-43)44-29-30-49(46-27-14-13-26-45(44)46)54(40-18-5-1-6-19-40)41-20-7-2-8-21-41;50-49(51,52)59(55,56)57-43-32-44(36-16-14-26-42(30-36)54(39-21-9-3-10-22-39)40-23-11-4-12-24-40)48-46(33-43)45-31-35(27-28-47(45)58-48)34-15-13-25-41(29-34)53(37-17-5-1-6-18-37)38-19-7-2-8-20-38/h1-35H;1-33H. The van der Waals surface area contributed by atoms with Gasteiger partial charge in [0, 0.05) is 108 Å². The first kappa shape index (κ1) is 73.0. The van der Waals surface area contributed by atoms with Crippen molar-refractivity contribution >= 4 is 164 Å². The molecule has 115 heavy (non-hydrogen) atoms. The van der Waals surface area contributed by atoms with Gasteiger partial charge in [-0.15, -0.1) is 22.7 Å². The van der Waals surface area contributed by atoms with Crippen LogP contribution in [0.1, 0.15) is 0 Å². The average molecular weight is 1570 g/mol. The SMILES string of the molecule is Clc1cccc(-c2cc(N(c3ccccc3)c3ccccc3)c3sc4ccc(-c5ccc(N(c6ccccc6)c6ccccc6)c6ccccc56)cc4c3c2)c1.O=S(=O)(Oc1cc(-c2cccc(N(c3ccccc3)c3ccccc3)c2)c2sc3ccc(-c4cccc(N(c5ccccc5)c5ccccc5)c4)cc3c2c1)C(F)(F)F. The lowest BCUT2D eigenvalue weighted by molar-refractivity contribution is -0.0500. The lowest BCUT2D eigenvalue weighted by Crippen LogP contribution is -2.28. The molecule has 0 aliphatic carbocycles. The average Bonchev–Trinajstić information content (AvgIpc) is 1.59. The first-order valence-electron chi connectivity index (χ1n) is 37.4. The molecule has 17 aromatic carbocycles. The Hall–Kier alpha value is -13.5. The number of benzene rings is 17. The topological polar surface area (TPSA) is 56.3 Å². The molecule has 0 bridgehead atoms. The highest BCUT2D eigenvalue weighted by atomic mass is 35.5. The van der Waals surface area contributed by atoms with E-state index in [2.05, 4.69) is 250 Å². The lowest BCUT2D eigenvalue weighted by atomic mass is 9.94. The van der Waals surface area contributed by atoms with Crippen LogP contribution in [0.4, 0.5) is 81.4 Å². The Kier molecular flexibility index (Phi) is 20.0. The lowest BCUT2D eigenvalue weighted by Gasteiger charge is -2.27. The molecule has 0 N–H and O–H groups in total. The second-order valence-corrected chi connectivity index (χ2v) is 31.7. The van der Waals surface area contributed by atoms with E-state index in [0.717, 1.165) is 110 Å². The molecule has 0 saturated carbocycles. The maximum Gasteiger partial charge on any atom is 0.534 e. The highest BCUT2D eigenvalue weighted by Gasteiger charge is 2.48. The number of halogens is 4. The number of thiophene rings is 2. The molecule has 0 aliphatic rings. The molecule has 19 rings (SSSR count). The Bertz CT molecular complexity index is 6690. The van der Waals surface area contributed by atoms with Crippen molar-refractivity contribution < 1.29 is 25.8 Å². The summed E-state index contributed by atoms with van der Waals surface area (Å²) < 4.78 is 75.1. The van der Waals surface area contributed by atoms with Gasteiger partial charge < -0.3 is 23.8 Å². The monoisotopic (exact) mass is 1570 g/mol. The Morgan fingerprint density at radius 3 is 1.10 bits per heavy atom. The summed E-state index contributed by atoms with van der Waals surface area (Å²) in [6.45, 7) is 0. The van der Waals surface area contributed by atoms with Crippen LogP contribution in [-0.4, -0.2) is 13.9 Å². The number of anilines is 12. The van der Waals surface area contributed by atoms with E-state index in [1.165, 1.54) is 65.5 Å². The Balaban J connectivity index is 0.000000160. The highest BCUT2D eigenvalue weighted by Crippen LogP contribution is 2.51. The van der Waals surface area contributed by atoms with E-state index in [1.54, 1.807) is 0 Å². The Morgan fingerprint density at radius 2 is 0.617 bits per heavy atom. The van der Waals surface area contributed by atoms with Crippen LogP contribution < -0.4 is 23.8 Å². The number of para-hydroxylation sites is 8. The van der Waals surface area contributed by atoms with Gasteiger partial charge in [0.05, 0.1) is 16.1 Å². The molecule has 0 spiro atoms. The molecule has 0 saturated heterocycles. The summed E-state index contributed by atoms with van der Waals surface area (Å²) in [4.78, 5) is 8.98. The highest BCUT2D eigenvalue weighted by molar-refractivity contribution is 7.88. The van der Waals surface area contributed by atoms with E-state index in [-0.39, 0.29) is 0 Å². The third-order valence-electron chi connectivity index (χ3n) is 20.4. The first-order chi connectivity index (χ1) is 56.3. The molecule has 0 aliphatic heterocycles. The van der Waals surface area contributed by atoms with Crippen molar-refractivity contribution in [2.45, 2.75) is 5.51 Å². The van der Waals surface area contributed by atoms with Crippen LogP contribution in [-0.2, 0) is 10.1 Å². The van der Waals surface area contributed by atoms with Gasteiger partial charge in [0.25, 0.3) is 0 Å². The number of hydrogen-bond donors (Lipinski definition) is 0. The third kappa shape index (κ3) is 14.8. The van der Waals surface area contributed by atoms with E-state index in [1.807, 2.05) is 181 Å². The molecule has 0 atom stereocenters. The molecule has 0 unspecified atom stereocenters. The fourth-order valence-corrected chi connectivity index (χ4v) is 18.2. The van der Waals surface area contributed by atoms with Crippen LogP contribution >= 0.6 is 34.3 Å². The van der Waals surface area contributed by atoms with E-state index in [0.29, 0.717) is 16.5 Å². The largest absolute Gasteiger partial charge is 0.534 e. The minimum atomic E-state index is -5.97. The summed E-state index contributed by atoms with van der Waals surface area (Å²) in [5.74, 6) is -0.438. The molecule has 7 nitrogen and oxygen atoms in total. The minimum absolute atomic E-state index is 0.438. The number of alkyl halides is 3. The summed E-state index contributed by atoms with van der Waals surface area (Å²) in [7, 11) is -5.97. The molecule has 0 amide bonds. The third-order valence-corrected chi connectivity index (χ3v) is 24.0. The zero-order valence-electron chi connectivity index (χ0n) is 61.5. The number of fused-ring (bicyclic) bond motifs is 7. The fraction of sp³-hybridized carbons (Fsp3) is 0.00990. The van der Waals surface area contributed by atoms with E-state index in [4.69, 9.17) is 15.8 Å². The Morgan fingerprint density at radius 1 is 0.261 bits per heavy atom. The van der Waals surface area contributed by atoms with Gasteiger partial charge in [0.2, 0.25) is 0 Å². The van der Waals surface area contributed by atoms with Crippen molar-refractivity contribution in [3.05, 3.63) is 418 Å². The van der Waals surface area contributed by atoms with Crippen molar-refractivity contribution in [2.24, 2.45) is 0 Å². The minimum Gasteiger partial charge on any atom is -0.376 e. The van der Waals surface area contributed by atoms with Gasteiger partial charge in [0.1, 0.15) is 5.75 Å².